The number of anilines is 1. The van der Waals surface area contributed by atoms with Gasteiger partial charge in [0.25, 0.3) is 0 Å². The first-order valence-corrected chi connectivity index (χ1v) is 14.2. The summed E-state index contributed by atoms with van der Waals surface area (Å²) < 4.78 is 31.1. The van der Waals surface area contributed by atoms with Gasteiger partial charge >= 0.3 is 0 Å². The smallest absolute Gasteiger partial charge is 0.185 e. The van der Waals surface area contributed by atoms with Crippen LogP contribution in [0.25, 0.3) is 6.08 Å². The zero-order valence-electron chi connectivity index (χ0n) is 24.2. The summed E-state index contributed by atoms with van der Waals surface area (Å²) in [6.45, 7) is 0. The summed E-state index contributed by atoms with van der Waals surface area (Å²) in [5, 5.41) is 0. The molecule has 0 radical (unpaired) electrons. The normalized spacial score (nSPS) is 20.7. The second kappa shape index (κ2) is 10.2. The molecule has 1 unspecified atom stereocenters. The molecule has 0 aromatic heterocycles. The van der Waals surface area contributed by atoms with Crippen LogP contribution >= 0.6 is 0 Å². The third kappa shape index (κ3) is 3.70. The fourth-order valence-corrected chi connectivity index (χ4v) is 7.29. The Morgan fingerprint density at radius 2 is 1.45 bits per heavy atom. The molecule has 1 spiro atoms. The summed E-state index contributed by atoms with van der Waals surface area (Å²) in [5.74, 6) is -0.993. The second-order valence-electron chi connectivity index (χ2n) is 11.1. The molecule has 0 amide bonds. The molecule has 3 aliphatic rings. The van der Waals surface area contributed by atoms with Gasteiger partial charge in [0.1, 0.15) is 34.5 Å². The number of fused-ring (bicyclic) bond motifs is 5. The van der Waals surface area contributed by atoms with Crippen LogP contribution in [-0.2, 0) is 0 Å². The van der Waals surface area contributed by atoms with Gasteiger partial charge < -0.3 is 19.1 Å². The predicted molar refractivity (Wildman–Crippen MR) is 163 cm³/mol. The number of Topliss-reactive ketones (excluding diaryl/α,β-unsaturated/α-hetero) is 3. The SMILES string of the molecule is COc1ccc(C(=O)[C@@H]2[C@@H](c3ccc(OC)cc3OC)C3(C(=O)c4ccccc4C3=O)C3C=Cc4cc(F)ccc4N32)cc1. The van der Waals surface area contributed by atoms with Crippen molar-refractivity contribution in [2.45, 2.75) is 18.0 Å². The van der Waals surface area contributed by atoms with Gasteiger partial charge in [-0.1, -0.05) is 42.5 Å². The summed E-state index contributed by atoms with van der Waals surface area (Å²) in [7, 11) is 4.57. The Labute approximate surface area is 253 Å². The van der Waals surface area contributed by atoms with E-state index in [1.807, 2.05) is 4.90 Å². The average Bonchev–Trinajstić information content (AvgIpc) is 3.49. The summed E-state index contributed by atoms with van der Waals surface area (Å²) in [5.41, 5.74) is 0.884. The van der Waals surface area contributed by atoms with E-state index in [1.165, 1.54) is 26.4 Å². The summed E-state index contributed by atoms with van der Waals surface area (Å²) in [6, 6.07) is 21.1. The molecular weight excluding hydrogens is 561 g/mol. The summed E-state index contributed by atoms with van der Waals surface area (Å²) >= 11 is 0. The molecule has 220 valence electrons. The van der Waals surface area contributed by atoms with Gasteiger partial charge in [-0.05, 0) is 48.5 Å². The lowest BCUT2D eigenvalue weighted by Gasteiger charge is -2.37. The molecule has 1 aliphatic carbocycles. The lowest BCUT2D eigenvalue weighted by Crippen LogP contribution is -2.48. The fraction of sp³-hybridized carbons (Fsp3) is 0.194. The third-order valence-electron chi connectivity index (χ3n) is 9.18. The molecule has 4 aromatic rings. The highest BCUT2D eigenvalue weighted by atomic mass is 19.1. The van der Waals surface area contributed by atoms with E-state index in [1.54, 1.807) is 92.1 Å². The van der Waals surface area contributed by atoms with E-state index in [9.17, 15) is 18.8 Å². The number of hydrogen-bond donors (Lipinski definition) is 0. The number of hydrogen-bond acceptors (Lipinski definition) is 7. The number of ether oxygens (including phenoxy) is 3. The minimum atomic E-state index is -1.72. The monoisotopic (exact) mass is 589 g/mol. The zero-order valence-corrected chi connectivity index (χ0v) is 24.2. The van der Waals surface area contributed by atoms with Crippen LogP contribution in [0.2, 0.25) is 0 Å². The lowest BCUT2D eigenvalue weighted by atomic mass is 9.64. The van der Waals surface area contributed by atoms with E-state index in [2.05, 4.69) is 0 Å². The van der Waals surface area contributed by atoms with Gasteiger partial charge in [0.2, 0.25) is 0 Å². The first-order valence-electron chi connectivity index (χ1n) is 14.2. The van der Waals surface area contributed by atoms with E-state index in [0.717, 1.165) is 0 Å². The van der Waals surface area contributed by atoms with E-state index in [-0.39, 0.29) is 17.3 Å². The molecule has 0 saturated carbocycles. The van der Waals surface area contributed by atoms with Crippen LogP contribution in [0.1, 0.15) is 48.1 Å². The quantitative estimate of drug-likeness (QED) is 0.197. The van der Waals surface area contributed by atoms with Crippen molar-refractivity contribution in [1.82, 2.24) is 0 Å². The van der Waals surface area contributed by atoms with E-state index >= 15 is 0 Å². The molecule has 1 fully saturated rings. The Kier molecular flexibility index (Phi) is 6.39. The van der Waals surface area contributed by atoms with Gasteiger partial charge in [-0.3, -0.25) is 14.4 Å². The van der Waals surface area contributed by atoms with Gasteiger partial charge in [0.05, 0.1) is 27.4 Å². The van der Waals surface area contributed by atoms with Crippen LogP contribution in [0, 0.1) is 11.2 Å². The standard InChI is InChI=1S/C36H28FNO6/c1-42-23-12-8-20(9-13-23)33(39)32-31(27-15-14-24(43-2)19-29(27)44-3)36(34(40)25-6-4-5-7-26(25)35(36)41)30-17-10-21-18-22(37)11-16-28(21)38(30)32/h4-19,30-32H,1-3H3/t30?,31-,32+/m1/s1. The van der Waals surface area contributed by atoms with Crippen LogP contribution in [0.4, 0.5) is 10.1 Å². The molecule has 7 rings (SSSR count). The zero-order chi connectivity index (χ0) is 30.7. The number of methoxy groups -OCH3 is 3. The lowest BCUT2D eigenvalue weighted by molar-refractivity contribution is 0.0664. The highest BCUT2D eigenvalue weighted by molar-refractivity contribution is 6.32. The van der Waals surface area contributed by atoms with Crippen molar-refractivity contribution in [2.75, 3.05) is 26.2 Å². The Morgan fingerprint density at radius 3 is 2.09 bits per heavy atom. The average molecular weight is 590 g/mol. The minimum Gasteiger partial charge on any atom is -0.497 e. The largest absolute Gasteiger partial charge is 0.497 e. The number of ketones is 3. The molecule has 8 heteroatoms. The first kappa shape index (κ1) is 27.6. The van der Waals surface area contributed by atoms with Crippen LogP contribution in [0.5, 0.6) is 17.2 Å². The Bertz CT molecular complexity index is 1850. The molecular formula is C36H28FNO6. The van der Waals surface area contributed by atoms with Gasteiger partial charge in [-0.2, -0.15) is 0 Å². The Morgan fingerprint density at radius 1 is 0.795 bits per heavy atom. The maximum Gasteiger partial charge on any atom is 0.185 e. The number of benzene rings is 4. The fourth-order valence-electron chi connectivity index (χ4n) is 7.29. The highest BCUT2D eigenvalue weighted by Crippen LogP contribution is 2.62. The van der Waals surface area contributed by atoms with Gasteiger partial charge in [-0.25, -0.2) is 4.39 Å². The van der Waals surface area contributed by atoms with E-state index in [0.29, 0.717) is 50.8 Å². The first-order chi connectivity index (χ1) is 21.3. The summed E-state index contributed by atoms with van der Waals surface area (Å²) in [4.78, 5) is 46.3. The van der Waals surface area contributed by atoms with E-state index in [4.69, 9.17) is 14.2 Å². The van der Waals surface area contributed by atoms with Crippen LogP contribution in [0.15, 0.2) is 91.0 Å². The van der Waals surface area contributed by atoms with Gasteiger partial charge in [0.15, 0.2) is 17.3 Å². The van der Waals surface area contributed by atoms with Crippen LogP contribution in [-0.4, -0.2) is 50.8 Å². The maximum atomic E-state index is 14.8. The molecule has 1 saturated heterocycles. The van der Waals surface area contributed by atoms with Crippen molar-refractivity contribution >= 4 is 29.1 Å². The van der Waals surface area contributed by atoms with Crippen molar-refractivity contribution in [3.63, 3.8) is 0 Å². The van der Waals surface area contributed by atoms with E-state index < -0.39 is 29.2 Å². The molecule has 2 aliphatic heterocycles. The maximum absolute atomic E-state index is 14.8. The van der Waals surface area contributed by atoms with Crippen molar-refractivity contribution in [3.8, 4) is 17.2 Å². The minimum absolute atomic E-state index is 0.306. The van der Waals surface area contributed by atoms with Crippen molar-refractivity contribution in [2.24, 2.45) is 5.41 Å². The van der Waals surface area contributed by atoms with Crippen LogP contribution < -0.4 is 19.1 Å². The molecule has 3 atom stereocenters. The summed E-state index contributed by atoms with van der Waals surface area (Å²) in [6.07, 6.45) is 3.49. The van der Waals surface area contributed by atoms with Crippen molar-refractivity contribution in [3.05, 3.63) is 125 Å². The third-order valence-corrected chi connectivity index (χ3v) is 9.18. The molecule has 7 nitrogen and oxygen atoms in total. The number of nitrogens with zero attached hydrogens (tertiary/aromatic N) is 1. The van der Waals surface area contributed by atoms with Crippen molar-refractivity contribution in [1.29, 1.82) is 0 Å². The number of carbonyl (C=O) groups is 3. The number of carbonyl (C=O) groups excluding carboxylic acids is 3. The van der Waals surface area contributed by atoms with Gasteiger partial charge in [-0.15, -0.1) is 0 Å². The number of halogens is 1. The molecule has 44 heavy (non-hydrogen) atoms. The molecule has 2 heterocycles. The second-order valence-corrected chi connectivity index (χ2v) is 11.1. The van der Waals surface area contributed by atoms with Crippen LogP contribution in [0.3, 0.4) is 0 Å². The predicted octanol–water partition coefficient (Wildman–Crippen LogP) is 6.17. The Balaban J connectivity index is 1.55. The topological polar surface area (TPSA) is 82.1 Å². The number of rotatable bonds is 6. The Hall–Kier alpha value is -5.24. The molecule has 0 bridgehead atoms. The highest BCUT2D eigenvalue weighted by Gasteiger charge is 2.72. The van der Waals surface area contributed by atoms with Gasteiger partial charge in [0, 0.05) is 45.5 Å². The molecule has 0 N–H and O–H groups in total. The molecule has 4 aromatic carbocycles. The van der Waals surface area contributed by atoms with Crippen molar-refractivity contribution < 1.29 is 33.0 Å².